The summed E-state index contributed by atoms with van der Waals surface area (Å²) in [6.45, 7) is 3.22. The van der Waals surface area contributed by atoms with E-state index < -0.39 is 31.3 Å². The van der Waals surface area contributed by atoms with E-state index in [1.807, 2.05) is 6.92 Å². The molecule has 5 nitrogen and oxygen atoms in total. The molecule has 0 saturated carbocycles. The highest BCUT2D eigenvalue weighted by Crippen LogP contribution is 2.30. The second-order valence-corrected chi connectivity index (χ2v) is 5.74. The van der Waals surface area contributed by atoms with E-state index in [4.69, 9.17) is 9.31 Å². The first-order valence-electron chi connectivity index (χ1n) is 7.20. The minimum Gasteiger partial charge on any atom is -0.498 e. The third kappa shape index (κ3) is 4.28. The van der Waals surface area contributed by atoms with Gasteiger partial charge in [0, 0.05) is 0 Å². The summed E-state index contributed by atoms with van der Waals surface area (Å²) in [6, 6.07) is 5.00. The van der Waals surface area contributed by atoms with Gasteiger partial charge in [-0.2, -0.15) is 0 Å². The second-order valence-electron chi connectivity index (χ2n) is 5.74. The molecule has 1 saturated heterocycles. The zero-order valence-electron chi connectivity index (χ0n) is 13.2. The van der Waals surface area contributed by atoms with E-state index in [1.165, 1.54) is 11.9 Å². The molecule has 1 aliphatic heterocycles. The Morgan fingerprint density at radius 3 is 2.17 bits per heavy atom. The van der Waals surface area contributed by atoms with Gasteiger partial charge >= 0.3 is 19.1 Å². The van der Waals surface area contributed by atoms with Crippen LogP contribution in [-0.2, 0) is 18.9 Å². The summed E-state index contributed by atoms with van der Waals surface area (Å²) in [6.07, 6.45) is -2.85. The molecule has 0 aliphatic carbocycles. The zero-order chi connectivity index (χ0) is 17.1. The average Bonchev–Trinajstić information content (AvgIpc) is 2.38. The van der Waals surface area contributed by atoms with Crippen LogP contribution in [0, 0.1) is 13.8 Å². The number of alkyl halides is 2. The molecular weight excluding hydrogens is 307 g/mol. The lowest BCUT2D eigenvalue weighted by molar-refractivity contribution is -0.146. The van der Waals surface area contributed by atoms with E-state index in [9.17, 15) is 18.4 Å². The van der Waals surface area contributed by atoms with Gasteiger partial charge in [0.1, 0.15) is 5.82 Å². The minimum absolute atomic E-state index is 0.158. The Labute approximate surface area is 133 Å². The fraction of sp³-hybridized carbons (Fsp3) is 0.467. The first kappa shape index (κ1) is 17.4. The third-order valence-corrected chi connectivity index (χ3v) is 3.64. The van der Waals surface area contributed by atoms with E-state index in [1.54, 1.807) is 25.1 Å². The van der Waals surface area contributed by atoms with Crippen LogP contribution in [0.15, 0.2) is 18.2 Å². The van der Waals surface area contributed by atoms with Crippen molar-refractivity contribution in [1.29, 1.82) is 0 Å². The SMILES string of the molecule is Cc1ccc(C(B2OC(=O)CN(C)CC(=O)O2)C(F)F)c(C)c1. The Morgan fingerprint density at radius 1 is 1.13 bits per heavy atom. The number of hydrogen-bond donors (Lipinski definition) is 0. The van der Waals surface area contributed by atoms with Gasteiger partial charge in [0.05, 0.1) is 13.1 Å². The van der Waals surface area contributed by atoms with Gasteiger partial charge in [-0.15, -0.1) is 0 Å². The summed E-state index contributed by atoms with van der Waals surface area (Å²) in [5.41, 5.74) is 1.85. The van der Waals surface area contributed by atoms with Crippen molar-refractivity contribution in [2.45, 2.75) is 26.1 Å². The fourth-order valence-corrected chi connectivity index (χ4v) is 2.60. The molecule has 0 aromatic heterocycles. The van der Waals surface area contributed by atoms with Crippen molar-refractivity contribution in [2.75, 3.05) is 20.1 Å². The van der Waals surface area contributed by atoms with E-state index in [-0.39, 0.29) is 13.1 Å². The van der Waals surface area contributed by atoms with Crippen molar-refractivity contribution in [3.63, 3.8) is 0 Å². The number of aryl methyl sites for hydroxylation is 2. The van der Waals surface area contributed by atoms with Gasteiger partial charge in [-0.1, -0.05) is 23.8 Å². The van der Waals surface area contributed by atoms with Gasteiger partial charge in [-0.3, -0.25) is 14.5 Å². The van der Waals surface area contributed by atoms with Crippen molar-refractivity contribution in [3.8, 4) is 0 Å². The van der Waals surface area contributed by atoms with Crippen LogP contribution in [0.25, 0.3) is 0 Å². The molecule has 0 spiro atoms. The van der Waals surface area contributed by atoms with Crippen LogP contribution in [0.3, 0.4) is 0 Å². The molecule has 1 heterocycles. The lowest BCUT2D eigenvalue weighted by Gasteiger charge is -2.27. The highest BCUT2D eigenvalue weighted by Gasteiger charge is 2.46. The molecule has 0 radical (unpaired) electrons. The van der Waals surface area contributed by atoms with Crippen molar-refractivity contribution in [2.24, 2.45) is 0 Å². The van der Waals surface area contributed by atoms with Crippen molar-refractivity contribution >= 4 is 19.1 Å². The predicted molar refractivity (Wildman–Crippen MR) is 80.1 cm³/mol. The number of nitrogens with zero attached hydrogens (tertiary/aromatic N) is 1. The molecule has 1 aromatic rings. The average molecular weight is 325 g/mol. The van der Waals surface area contributed by atoms with Crippen LogP contribution in [0.1, 0.15) is 22.5 Å². The highest BCUT2D eigenvalue weighted by molar-refractivity contribution is 6.51. The largest absolute Gasteiger partial charge is 0.612 e. The number of likely N-dealkylation sites (N-methyl/N-ethyl adjacent to an activating group) is 1. The van der Waals surface area contributed by atoms with Crippen molar-refractivity contribution in [1.82, 2.24) is 4.90 Å². The van der Waals surface area contributed by atoms with E-state index in [0.29, 0.717) is 11.1 Å². The maximum absolute atomic E-state index is 13.6. The number of benzene rings is 1. The summed E-state index contributed by atoms with van der Waals surface area (Å²) in [7, 11) is -0.0949. The Bertz CT molecular complexity index is 591. The summed E-state index contributed by atoms with van der Waals surface area (Å²) in [5.74, 6) is -2.94. The molecule has 124 valence electrons. The van der Waals surface area contributed by atoms with Crippen LogP contribution in [-0.4, -0.2) is 50.5 Å². The lowest BCUT2D eigenvalue weighted by atomic mass is 9.66. The second kappa shape index (κ2) is 7.08. The van der Waals surface area contributed by atoms with Gasteiger partial charge in [0.25, 0.3) is 0 Å². The highest BCUT2D eigenvalue weighted by atomic mass is 19.3. The molecule has 23 heavy (non-hydrogen) atoms. The summed E-state index contributed by atoms with van der Waals surface area (Å²) >= 11 is 0. The Hall–Kier alpha value is -1.96. The normalized spacial score (nSPS) is 18.3. The molecule has 8 heteroatoms. The Morgan fingerprint density at radius 2 is 1.70 bits per heavy atom. The Kier molecular flexibility index (Phi) is 5.36. The van der Waals surface area contributed by atoms with Gasteiger partial charge in [0.2, 0.25) is 6.43 Å². The monoisotopic (exact) mass is 325 g/mol. The lowest BCUT2D eigenvalue weighted by Crippen LogP contribution is -2.46. The van der Waals surface area contributed by atoms with Gasteiger partial charge < -0.3 is 9.31 Å². The van der Waals surface area contributed by atoms with Crippen LogP contribution < -0.4 is 0 Å². The molecular formula is C15H18BF2NO4. The van der Waals surface area contributed by atoms with Crippen LogP contribution in [0.2, 0.25) is 0 Å². The molecule has 2 rings (SSSR count). The smallest absolute Gasteiger partial charge is 0.498 e. The molecule has 1 aromatic carbocycles. The predicted octanol–water partition coefficient (Wildman–Crippen LogP) is 1.71. The quantitative estimate of drug-likeness (QED) is 0.792. The summed E-state index contributed by atoms with van der Waals surface area (Å²) < 4.78 is 37.2. The number of carbonyl (C=O) groups excluding carboxylic acids is 2. The summed E-state index contributed by atoms with van der Waals surface area (Å²) in [4.78, 5) is 24.9. The molecule has 1 aliphatic rings. The third-order valence-electron chi connectivity index (χ3n) is 3.64. The van der Waals surface area contributed by atoms with Crippen molar-refractivity contribution in [3.05, 3.63) is 34.9 Å². The topological polar surface area (TPSA) is 55.8 Å². The molecule has 0 bridgehead atoms. The van der Waals surface area contributed by atoms with Crippen LogP contribution >= 0.6 is 0 Å². The van der Waals surface area contributed by atoms with Crippen LogP contribution in [0.5, 0.6) is 0 Å². The zero-order valence-corrected chi connectivity index (χ0v) is 13.2. The minimum atomic E-state index is -2.85. The number of rotatable bonds is 3. The Balaban J connectivity index is 2.35. The number of halogens is 2. The molecule has 1 atom stereocenters. The van der Waals surface area contributed by atoms with Crippen molar-refractivity contribution < 1.29 is 27.7 Å². The van der Waals surface area contributed by atoms with E-state index in [2.05, 4.69) is 0 Å². The van der Waals surface area contributed by atoms with Gasteiger partial charge in [-0.05, 0) is 32.0 Å². The molecule has 1 fully saturated rings. The van der Waals surface area contributed by atoms with E-state index in [0.717, 1.165) is 5.56 Å². The number of hydrogen-bond acceptors (Lipinski definition) is 5. The summed E-state index contributed by atoms with van der Waals surface area (Å²) in [5, 5.41) is 0. The number of carbonyl (C=O) groups is 2. The van der Waals surface area contributed by atoms with E-state index >= 15 is 0 Å². The maximum Gasteiger partial charge on any atom is 0.612 e. The first-order chi connectivity index (χ1) is 10.8. The molecule has 0 N–H and O–H groups in total. The van der Waals surface area contributed by atoms with Gasteiger partial charge in [0.15, 0.2) is 0 Å². The van der Waals surface area contributed by atoms with Crippen LogP contribution in [0.4, 0.5) is 8.78 Å². The van der Waals surface area contributed by atoms with Gasteiger partial charge in [-0.25, -0.2) is 8.78 Å². The maximum atomic E-state index is 13.6. The molecule has 0 amide bonds. The fourth-order valence-electron chi connectivity index (χ4n) is 2.60. The first-order valence-corrected chi connectivity index (χ1v) is 7.20. The standard InChI is InChI=1S/C15H18BF2NO4/c1-9-4-5-11(10(2)6-9)14(15(17)18)16-22-12(20)7-19(3)8-13(21)23-16/h4-6,14-15H,7-8H2,1-3H3. The molecule has 1 unspecified atom stereocenters.